The zero-order chi connectivity index (χ0) is 31.1. The maximum Gasteiger partial charge on any atom is 0.113 e. The third kappa shape index (κ3) is 8.27. The molecule has 0 aromatic rings. The van der Waals surface area contributed by atoms with Gasteiger partial charge in [-0.1, -0.05) is 71.3 Å². The predicted octanol–water partition coefficient (Wildman–Crippen LogP) is 10.1. The Labute approximate surface area is 273 Å². The molecule has 4 heteroatoms. The molecule has 4 nitrogen and oxygen atoms in total. The maximum atomic E-state index is 9.19. The molecule has 1 N–H and O–H groups in total. The average molecular weight is 609 g/mol. The summed E-state index contributed by atoms with van der Waals surface area (Å²) in [6.45, 7) is 14.1. The Kier molecular flexibility index (Phi) is 12.6. The third-order valence-corrected chi connectivity index (χ3v) is 13.4. The van der Waals surface area contributed by atoms with E-state index in [4.69, 9.17) is 0 Å². The summed E-state index contributed by atoms with van der Waals surface area (Å²) >= 11 is 0. The molecule has 0 spiro atoms. The number of likely N-dealkylation sites (N-methyl/N-ethyl adjacent to an activating group) is 1. The smallest absolute Gasteiger partial charge is 0.113 e. The lowest BCUT2D eigenvalue weighted by Crippen LogP contribution is -2.60. The van der Waals surface area contributed by atoms with E-state index < -0.39 is 0 Å². The van der Waals surface area contributed by atoms with Crippen LogP contribution in [0.25, 0.3) is 0 Å². The number of likely N-dealkylation sites (tertiary alicyclic amines) is 1. The molecule has 6 aliphatic rings. The number of hydrogen-bond acceptors (Lipinski definition) is 3. The first-order chi connectivity index (χ1) is 21.4. The van der Waals surface area contributed by atoms with Crippen LogP contribution in [0.15, 0.2) is 11.8 Å². The minimum atomic E-state index is 0.257. The van der Waals surface area contributed by atoms with Gasteiger partial charge in [0.05, 0.1) is 6.04 Å². The largest absolute Gasteiger partial charge is 0.375 e. The molecule has 0 radical (unpaired) electrons. The molecule has 2 saturated heterocycles. The molecule has 4 bridgehead atoms. The molecule has 4 atom stereocenters. The van der Waals surface area contributed by atoms with Gasteiger partial charge < -0.3 is 9.80 Å². The molecule has 252 valence electrons. The highest BCUT2D eigenvalue weighted by molar-refractivity contribution is 5.85. The molecule has 4 unspecified atom stereocenters. The van der Waals surface area contributed by atoms with Crippen molar-refractivity contribution in [3.8, 4) is 0 Å². The fraction of sp³-hybridized carbons (Fsp3) is 0.925. The molecule has 0 aromatic carbocycles. The van der Waals surface area contributed by atoms with E-state index in [1.807, 2.05) is 0 Å². The molecule has 44 heavy (non-hydrogen) atoms. The Morgan fingerprint density at radius 3 is 2.07 bits per heavy atom. The Bertz CT molecular complexity index is 889. The van der Waals surface area contributed by atoms with Crippen LogP contribution in [0.4, 0.5) is 0 Å². The van der Waals surface area contributed by atoms with E-state index in [2.05, 4.69) is 55.5 Å². The van der Waals surface area contributed by atoms with Gasteiger partial charge in [0.2, 0.25) is 0 Å². The SMILES string of the molecule is CC=C1C(CCCCCCCC)C(CCCC)CN1CCCCC1CN(C)C(C)C(=N)N1CCC12CC3CC(CC(C3)C1)C2. The van der Waals surface area contributed by atoms with E-state index >= 15 is 0 Å². The van der Waals surface area contributed by atoms with E-state index in [1.165, 1.54) is 142 Å². The first-order valence-electron chi connectivity index (χ1n) is 19.8. The van der Waals surface area contributed by atoms with Crippen molar-refractivity contribution in [1.82, 2.24) is 14.7 Å². The summed E-state index contributed by atoms with van der Waals surface area (Å²) < 4.78 is 0. The van der Waals surface area contributed by atoms with Crippen LogP contribution in [-0.4, -0.2) is 65.8 Å². The summed E-state index contributed by atoms with van der Waals surface area (Å²) in [4.78, 5) is 7.87. The summed E-state index contributed by atoms with van der Waals surface area (Å²) in [6.07, 6.45) is 30.8. The second kappa shape index (κ2) is 16.2. The van der Waals surface area contributed by atoms with Crippen LogP contribution >= 0.6 is 0 Å². The van der Waals surface area contributed by atoms with Gasteiger partial charge in [-0.15, -0.1) is 0 Å². The second-order valence-electron chi connectivity index (χ2n) is 16.7. The molecule has 4 aliphatic carbocycles. The standard InChI is InChI=1S/C40H72N4/c1-6-9-11-12-13-14-19-37-35(17-10-7-2)29-43(38(37)8-3)21-16-15-18-36-30-42(5)31(4)39(41)44(36)22-20-40-26-32-23-33(27-40)25-34(24-32)28-40/h8,31-37,41H,6-7,9-30H2,1-5H3. The first kappa shape index (κ1) is 34.3. The van der Waals surface area contributed by atoms with E-state index in [0.29, 0.717) is 11.5 Å². The summed E-state index contributed by atoms with van der Waals surface area (Å²) in [5, 5.41) is 9.19. The molecule has 6 rings (SSSR count). The van der Waals surface area contributed by atoms with Crippen molar-refractivity contribution in [2.24, 2.45) is 35.0 Å². The molecule has 0 amide bonds. The number of allylic oxidation sites excluding steroid dienone is 2. The van der Waals surface area contributed by atoms with Gasteiger partial charge in [0, 0.05) is 43.8 Å². The zero-order valence-electron chi connectivity index (χ0n) is 29.9. The molecule has 4 saturated carbocycles. The van der Waals surface area contributed by atoms with Crippen LogP contribution in [0.1, 0.15) is 156 Å². The van der Waals surface area contributed by atoms with E-state index in [-0.39, 0.29) is 6.04 Å². The van der Waals surface area contributed by atoms with Gasteiger partial charge in [-0.3, -0.25) is 10.3 Å². The van der Waals surface area contributed by atoms with Crippen LogP contribution in [0.5, 0.6) is 0 Å². The number of nitrogens with one attached hydrogen (secondary N) is 1. The number of piperazine rings is 1. The maximum absolute atomic E-state index is 9.19. The van der Waals surface area contributed by atoms with Crippen LogP contribution in [-0.2, 0) is 0 Å². The predicted molar refractivity (Wildman–Crippen MR) is 189 cm³/mol. The Hall–Kier alpha value is -1.03. The Morgan fingerprint density at radius 2 is 1.41 bits per heavy atom. The molecular formula is C40H72N4. The van der Waals surface area contributed by atoms with Crippen molar-refractivity contribution in [3.63, 3.8) is 0 Å². The Balaban J connectivity index is 1.12. The second-order valence-corrected chi connectivity index (χ2v) is 16.7. The van der Waals surface area contributed by atoms with Crippen LogP contribution in [0.2, 0.25) is 0 Å². The van der Waals surface area contributed by atoms with E-state index in [1.54, 1.807) is 5.70 Å². The van der Waals surface area contributed by atoms with Gasteiger partial charge in [-0.25, -0.2) is 0 Å². The van der Waals surface area contributed by atoms with Gasteiger partial charge in [-0.05, 0) is 127 Å². The molecule has 2 aliphatic heterocycles. The minimum Gasteiger partial charge on any atom is -0.375 e. The minimum absolute atomic E-state index is 0.257. The lowest BCUT2D eigenvalue weighted by molar-refractivity contribution is -0.0610. The number of hydrogen-bond donors (Lipinski definition) is 1. The summed E-state index contributed by atoms with van der Waals surface area (Å²) in [7, 11) is 2.26. The van der Waals surface area contributed by atoms with Crippen molar-refractivity contribution >= 4 is 5.84 Å². The zero-order valence-corrected chi connectivity index (χ0v) is 29.9. The highest BCUT2D eigenvalue weighted by Crippen LogP contribution is 2.61. The molecule has 2 heterocycles. The van der Waals surface area contributed by atoms with Crippen LogP contribution in [0, 0.1) is 40.4 Å². The van der Waals surface area contributed by atoms with Gasteiger partial charge in [0.1, 0.15) is 5.84 Å². The van der Waals surface area contributed by atoms with Crippen molar-refractivity contribution in [2.75, 3.05) is 33.2 Å². The highest BCUT2D eigenvalue weighted by Gasteiger charge is 2.51. The normalized spacial score (nSPS) is 36.3. The summed E-state index contributed by atoms with van der Waals surface area (Å²) in [5.41, 5.74) is 2.30. The molecule has 0 aromatic heterocycles. The third-order valence-electron chi connectivity index (χ3n) is 13.4. The first-order valence-corrected chi connectivity index (χ1v) is 19.8. The van der Waals surface area contributed by atoms with Crippen molar-refractivity contribution in [3.05, 3.63) is 11.8 Å². The van der Waals surface area contributed by atoms with Gasteiger partial charge in [-0.2, -0.15) is 0 Å². The topological polar surface area (TPSA) is 33.6 Å². The summed E-state index contributed by atoms with van der Waals surface area (Å²) in [6, 6.07) is 0.781. The van der Waals surface area contributed by atoms with Crippen molar-refractivity contribution in [2.45, 2.75) is 168 Å². The van der Waals surface area contributed by atoms with Crippen molar-refractivity contribution in [1.29, 1.82) is 5.41 Å². The number of nitrogens with zero attached hydrogens (tertiary/aromatic N) is 3. The van der Waals surface area contributed by atoms with E-state index in [0.717, 1.165) is 48.5 Å². The van der Waals surface area contributed by atoms with Crippen molar-refractivity contribution < 1.29 is 0 Å². The van der Waals surface area contributed by atoms with Gasteiger partial charge >= 0.3 is 0 Å². The number of unbranched alkanes of at least 4 members (excludes halogenated alkanes) is 7. The Morgan fingerprint density at radius 1 is 0.773 bits per heavy atom. The summed E-state index contributed by atoms with van der Waals surface area (Å²) in [5.74, 6) is 5.66. The lowest BCUT2D eigenvalue weighted by Gasteiger charge is -2.57. The van der Waals surface area contributed by atoms with Crippen LogP contribution in [0.3, 0.4) is 0 Å². The lowest BCUT2D eigenvalue weighted by atomic mass is 9.49. The van der Waals surface area contributed by atoms with Gasteiger partial charge in [0.25, 0.3) is 0 Å². The average Bonchev–Trinajstić information content (AvgIpc) is 3.33. The number of rotatable bonds is 18. The highest BCUT2D eigenvalue weighted by atomic mass is 15.3. The number of amidine groups is 1. The molecular weight excluding hydrogens is 536 g/mol. The van der Waals surface area contributed by atoms with E-state index in [9.17, 15) is 5.41 Å². The fourth-order valence-corrected chi connectivity index (χ4v) is 11.3. The fourth-order valence-electron chi connectivity index (χ4n) is 11.3. The quantitative estimate of drug-likeness (QED) is 0.157. The van der Waals surface area contributed by atoms with Crippen LogP contribution < -0.4 is 0 Å². The monoisotopic (exact) mass is 609 g/mol. The molecule has 6 fully saturated rings. The van der Waals surface area contributed by atoms with Gasteiger partial charge in [0.15, 0.2) is 0 Å².